The average molecular weight is 1190 g/mol. The van der Waals surface area contributed by atoms with Gasteiger partial charge in [-0.2, -0.15) is 10.2 Å². The zero-order chi connectivity index (χ0) is 60.9. The maximum absolute atomic E-state index is 14.1. The molecule has 1 aromatic heterocycles. The van der Waals surface area contributed by atoms with Crippen molar-refractivity contribution in [3.8, 4) is 46.8 Å². The third kappa shape index (κ3) is 21.6. The topological polar surface area (TPSA) is 213 Å². The molecule has 0 spiro atoms. The molecule has 0 radical (unpaired) electrons. The van der Waals surface area contributed by atoms with Crippen molar-refractivity contribution in [1.82, 2.24) is 0 Å². The number of esters is 6. The molecule has 86 heavy (non-hydrogen) atoms. The molecule has 1 heterocycles. The zero-order valence-electron chi connectivity index (χ0n) is 47.9. The molecular weight excluding hydrogens is 1120 g/mol. The lowest BCUT2D eigenvalue weighted by molar-refractivity contribution is -0.145. The summed E-state index contributed by atoms with van der Waals surface area (Å²) in [6, 6.07) is 26.3. The zero-order valence-corrected chi connectivity index (χ0v) is 48.7. The number of carbonyl (C=O) groups excluding carboxylic acids is 6. The van der Waals surface area contributed by atoms with Gasteiger partial charge in [0.1, 0.15) is 40.3 Å². The lowest BCUT2D eigenvalue weighted by Gasteiger charge is -2.26. The number of nitrogens with zero attached hydrogens (tertiary/aromatic N) is 3. The maximum atomic E-state index is 14.1. The minimum Gasteiger partial charge on any atom is -0.494 e. The van der Waals surface area contributed by atoms with E-state index in [0.717, 1.165) is 68.4 Å². The number of hydrogen-bond donors (Lipinski definition) is 0. The van der Waals surface area contributed by atoms with E-state index in [0.29, 0.717) is 111 Å². The molecule has 0 saturated heterocycles. The molecule has 0 N–H and O–H groups in total. The average Bonchev–Trinajstić information content (AvgIpc) is 3.87. The van der Waals surface area contributed by atoms with Crippen LogP contribution in [0.15, 0.2) is 138 Å². The molecule has 0 atom stereocenters. The number of hydrogen-bond acceptors (Lipinski definition) is 18. The van der Waals surface area contributed by atoms with E-state index in [4.69, 9.17) is 44.3 Å². The van der Waals surface area contributed by atoms with Crippen LogP contribution >= 0.6 is 11.3 Å². The number of benzene rings is 4. The van der Waals surface area contributed by atoms with Gasteiger partial charge < -0.3 is 37.9 Å². The number of thiophene rings is 1. The Hall–Kier alpha value is -9.02. The van der Waals surface area contributed by atoms with E-state index in [-0.39, 0.29) is 34.7 Å². The summed E-state index contributed by atoms with van der Waals surface area (Å²) in [5.74, 6) is -0.210. The number of halogens is 1. The molecule has 0 aliphatic heterocycles. The summed E-state index contributed by atoms with van der Waals surface area (Å²) in [6.45, 7) is 8.52. The number of rotatable bonds is 31. The van der Waals surface area contributed by atoms with Crippen molar-refractivity contribution in [3.63, 3.8) is 0 Å². The standard InChI is InChI=1S/C67H70FN3O14S/c1-4-47-16-15-46(41-59(47)68)43-70-71-45-58-35-34-57(86-58)44-69-60-42-56(84-66(76)50-19-17-48(18-20-50)64(74)82-54-29-25-52(26-30-54)78-37-11-7-9-13-39-80-62(72)5-2)33-36-61(60)85-67(77)51-23-21-49(22-24-51)65(75)83-55-31-27-53(28-32-55)79-38-12-8-10-14-40-81-63(73)6-3/h1,5-6,15-16,25-36,41-45,48-51H,2-3,7-14,17-24,37-40H2/b69-44?,70-43+,71-45+. The number of aliphatic imine (C=N–C) groups is 1. The van der Waals surface area contributed by atoms with Crippen LogP contribution in [-0.2, 0) is 38.2 Å². The van der Waals surface area contributed by atoms with Gasteiger partial charge in [0.2, 0.25) is 0 Å². The van der Waals surface area contributed by atoms with Gasteiger partial charge in [-0.25, -0.2) is 14.0 Å². The Morgan fingerprint density at radius 3 is 1.38 bits per heavy atom. The van der Waals surface area contributed by atoms with Crippen LogP contribution in [0.2, 0.25) is 0 Å². The molecule has 2 saturated carbocycles. The monoisotopic (exact) mass is 1190 g/mol. The minimum absolute atomic E-state index is 0.137. The van der Waals surface area contributed by atoms with Gasteiger partial charge in [-0.3, -0.25) is 24.2 Å². The molecule has 2 aliphatic rings. The second-order valence-electron chi connectivity index (χ2n) is 20.5. The number of carbonyl (C=O) groups is 6. The van der Waals surface area contributed by atoms with Crippen LogP contribution in [0.3, 0.4) is 0 Å². The van der Waals surface area contributed by atoms with Gasteiger partial charge in [0.15, 0.2) is 5.75 Å². The highest BCUT2D eigenvalue weighted by atomic mass is 32.1. The number of unbranched alkanes of at least 4 members (excludes halogenated alkanes) is 6. The molecule has 4 aromatic carbocycles. The van der Waals surface area contributed by atoms with Crippen LogP contribution in [0.4, 0.5) is 10.1 Å². The fraction of sp³-hybridized carbons (Fsp3) is 0.358. The molecule has 2 aliphatic carbocycles. The first kappa shape index (κ1) is 64.5. The fourth-order valence-electron chi connectivity index (χ4n) is 9.39. The largest absolute Gasteiger partial charge is 0.494 e. The molecule has 0 bridgehead atoms. The summed E-state index contributed by atoms with van der Waals surface area (Å²) in [7, 11) is 0. The van der Waals surface area contributed by atoms with Crippen LogP contribution < -0.4 is 28.4 Å². The summed E-state index contributed by atoms with van der Waals surface area (Å²) < 4.78 is 59.1. The molecule has 450 valence electrons. The van der Waals surface area contributed by atoms with Crippen LogP contribution in [0.5, 0.6) is 34.5 Å². The van der Waals surface area contributed by atoms with E-state index >= 15 is 0 Å². The quantitative estimate of drug-likeness (QED) is 0.00768. The van der Waals surface area contributed by atoms with Gasteiger partial charge in [0.05, 0.1) is 68.1 Å². The summed E-state index contributed by atoms with van der Waals surface area (Å²) >= 11 is 1.35. The third-order valence-electron chi connectivity index (χ3n) is 14.3. The van der Waals surface area contributed by atoms with Crippen LogP contribution in [0.1, 0.15) is 124 Å². The Morgan fingerprint density at radius 2 is 0.919 bits per heavy atom. The van der Waals surface area contributed by atoms with Crippen molar-refractivity contribution in [2.45, 2.75) is 103 Å². The first-order chi connectivity index (χ1) is 41.9. The molecular formula is C67H70FN3O14S. The van der Waals surface area contributed by atoms with Crippen molar-refractivity contribution < 1.29 is 71.1 Å². The van der Waals surface area contributed by atoms with Gasteiger partial charge in [-0.15, -0.1) is 17.8 Å². The molecule has 5 aromatic rings. The summed E-state index contributed by atoms with van der Waals surface area (Å²) in [5, 5.41) is 8.11. The van der Waals surface area contributed by atoms with Gasteiger partial charge in [-0.1, -0.05) is 25.1 Å². The van der Waals surface area contributed by atoms with Gasteiger partial charge in [0.25, 0.3) is 0 Å². The van der Waals surface area contributed by atoms with E-state index in [1.54, 1.807) is 60.8 Å². The highest BCUT2D eigenvalue weighted by Gasteiger charge is 2.34. The highest BCUT2D eigenvalue weighted by molar-refractivity contribution is 7.15. The van der Waals surface area contributed by atoms with Crippen LogP contribution in [0.25, 0.3) is 0 Å². The SMILES string of the molecule is C#Cc1ccc(/C=N/N=C/c2ccc(C=Nc3cc(OC(=O)C4CCC(C(=O)Oc5ccc(OCCCCCCOC(=O)C=C)cc5)CC4)ccc3OC(=O)C3CCC(C(=O)Oc4ccc(OCCCCCCOC(=O)C=C)cc4)CC3)s2)cc1F. The van der Waals surface area contributed by atoms with Crippen molar-refractivity contribution in [2.24, 2.45) is 38.9 Å². The number of ether oxygens (including phenoxy) is 8. The Kier molecular flexibility index (Phi) is 26.0. The first-order valence-electron chi connectivity index (χ1n) is 28.9. The lowest BCUT2D eigenvalue weighted by Crippen LogP contribution is -2.30. The molecule has 0 unspecified atom stereocenters. The summed E-state index contributed by atoms with van der Waals surface area (Å²) in [5.41, 5.74) is 0.859. The highest BCUT2D eigenvalue weighted by Crippen LogP contribution is 2.38. The predicted molar refractivity (Wildman–Crippen MR) is 324 cm³/mol. The third-order valence-corrected chi connectivity index (χ3v) is 15.2. The Morgan fingerprint density at radius 1 is 0.500 bits per heavy atom. The molecule has 0 amide bonds. The van der Waals surface area contributed by atoms with E-state index in [1.165, 1.54) is 54.1 Å². The van der Waals surface area contributed by atoms with E-state index in [1.807, 2.05) is 12.1 Å². The van der Waals surface area contributed by atoms with Gasteiger partial charge in [0, 0.05) is 34.2 Å². The molecule has 7 rings (SSSR count). The normalized spacial score (nSPS) is 16.6. The van der Waals surface area contributed by atoms with E-state index in [9.17, 15) is 33.2 Å². The summed E-state index contributed by atoms with van der Waals surface area (Å²) in [6.07, 6.45) is 22.3. The van der Waals surface area contributed by atoms with Crippen molar-refractivity contribution in [3.05, 3.63) is 149 Å². The van der Waals surface area contributed by atoms with Gasteiger partial charge in [-0.05, 0) is 193 Å². The smallest absolute Gasteiger partial charge is 0.330 e. The first-order valence-corrected chi connectivity index (χ1v) is 29.7. The minimum atomic E-state index is -0.532. The van der Waals surface area contributed by atoms with Crippen molar-refractivity contribution in [2.75, 3.05) is 26.4 Å². The molecule has 2 fully saturated rings. The molecule has 17 nitrogen and oxygen atoms in total. The number of terminal acetylenes is 1. The maximum Gasteiger partial charge on any atom is 0.330 e. The second-order valence-corrected chi connectivity index (χ2v) is 21.6. The second kappa shape index (κ2) is 34.7. The predicted octanol–water partition coefficient (Wildman–Crippen LogP) is 13.0. The Bertz CT molecular complexity index is 3240. The van der Waals surface area contributed by atoms with E-state index < -0.39 is 53.4 Å². The molecule has 19 heteroatoms. The Labute approximate surface area is 504 Å². The van der Waals surface area contributed by atoms with E-state index in [2.05, 4.69) is 34.3 Å². The van der Waals surface area contributed by atoms with Gasteiger partial charge >= 0.3 is 35.8 Å². The van der Waals surface area contributed by atoms with Crippen molar-refractivity contribution in [1.29, 1.82) is 0 Å². The van der Waals surface area contributed by atoms with Crippen molar-refractivity contribution >= 4 is 71.5 Å². The van der Waals surface area contributed by atoms with Crippen LogP contribution in [-0.4, -0.2) is 80.9 Å². The summed E-state index contributed by atoms with van der Waals surface area (Å²) in [4.78, 5) is 82.3. The fourth-order valence-corrected chi connectivity index (χ4v) is 10.1. The van der Waals surface area contributed by atoms with Crippen LogP contribution in [0, 0.1) is 41.8 Å². The Balaban J connectivity index is 0.896. The lowest BCUT2D eigenvalue weighted by atomic mass is 9.82.